The van der Waals surface area contributed by atoms with E-state index >= 15 is 0 Å². The van der Waals surface area contributed by atoms with Gasteiger partial charge in [-0.2, -0.15) is 13.2 Å². The highest BCUT2D eigenvalue weighted by molar-refractivity contribution is 6.33. The Morgan fingerprint density at radius 3 is 2.35 bits per heavy atom. The summed E-state index contributed by atoms with van der Waals surface area (Å²) in [7, 11) is 1.36. The summed E-state index contributed by atoms with van der Waals surface area (Å²) in [6.45, 7) is 5.34. The Morgan fingerprint density at radius 2 is 1.65 bits per heavy atom. The number of pyridine rings is 1. The number of nitrogens with zero attached hydrogens (tertiary/aromatic N) is 5. The van der Waals surface area contributed by atoms with Crippen molar-refractivity contribution < 1.29 is 22.8 Å². The van der Waals surface area contributed by atoms with Gasteiger partial charge in [0.2, 0.25) is 5.91 Å². The summed E-state index contributed by atoms with van der Waals surface area (Å²) in [4.78, 5) is 54.3. The average Bonchev–Trinajstić information content (AvgIpc) is 3.50. The first-order valence-electron chi connectivity index (χ1n) is 17.9. The number of alkyl halides is 3. The lowest BCUT2D eigenvalue weighted by atomic mass is 9.98. The molecule has 0 radical (unpaired) electrons. The van der Waals surface area contributed by atoms with E-state index in [0.29, 0.717) is 56.1 Å². The van der Waals surface area contributed by atoms with Gasteiger partial charge in [-0.25, -0.2) is 9.59 Å². The molecule has 3 aliphatic rings. The number of anilines is 1. The van der Waals surface area contributed by atoms with Crippen molar-refractivity contribution in [3.8, 4) is 0 Å². The van der Waals surface area contributed by atoms with Crippen molar-refractivity contribution in [2.45, 2.75) is 56.4 Å². The van der Waals surface area contributed by atoms with Crippen LogP contribution in [0.5, 0.6) is 0 Å². The number of nitrogens with one attached hydrogen (secondary N) is 4. The van der Waals surface area contributed by atoms with E-state index in [4.69, 9.17) is 11.6 Å². The number of amides is 3. The number of benzene rings is 2. The number of halogens is 4. The van der Waals surface area contributed by atoms with Crippen molar-refractivity contribution in [2.75, 3.05) is 64.7 Å². The van der Waals surface area contributed by atoms with Crippen molar-refractivity contribution in [3.63, 3.8) is 0 Å². The number of hydrogen-bond acceptors (Lipinski definition) is 7. The number of urea groups is 1. The molecule has 3 amide bonds. The highest BCUT2D eigenvalue weighted by atomic mass is 35.5. The molecule has 16 heteroatoms. The Balaban J connectivity index is 1.07. The summed E-state index contributed by atoms with van der Waals surface area (Å²) in [5, 5.41) is 9.49. The van der Waals surface area contributed by atoms with Gasteiger partial charge in [-0.05, 0) is 49.4 Å². The molecule has 4 aromatic rings. The maximum atomic E-state index is 14.1. The van der Waals surface area contributed by atoms with E-state index in [0.717, 1.165) is 56.0 Å². The van der Waals surface area contributed by atoms with Gasteiger partial charge in [0.15, 0.2) is 0 Å². The average molecular weight is 742 g/mol. The minimum atomic E-state index is -4.69. The van der Waals surface area contributed by atoms with Crippen LogP contribution < -0.4 is 21.6 Å². The lowest BCUT2D eigenvalue weighted by molar-refractivity contribution is -0.137. The fraction of sp³-hybridized carbons (Fsp3) is 0.500. The van der Waals surface area contributed by atoms with Crippen LogP contribution in [0.2, 0.25) is 5.02 Å². The maximum absolute atomic E-state index is 14.1. The molecule has 4 N–H and O–H groups in total. The van der Waals surface area contributed by atoms with Gasteiger partial charge in [0, 0.05) is 83.3 Å². The third kappa shape index (κ3) is 7.30. The molecule has 2 aromatic heterocycles. The van der Waals surface area contributed by atoms with Crippen LogP contribution in [-0.2, 0) is 17.4 Å². The van der Waals surface area contributed by atoms with E-state index in [9.17, 15) is 27.6 Å². The van der Waals surface area contributed by atoms with Crippen LogP contribution in [0, 0.1) is 0 Å². The summed E-state index contributed by atoms with van der Waals surface area (Å²) in [6.07, 6.45) is -0.637. The first-order chi connectivity index (χ1) is 25.0. The highest BCUT2D eigenvalue weighted by Gasteiger charge is 2.37. The Labute approximate surface area is 303 Å². The molecule has 0 unspecified atom stereocenters. The molecule has 278 valence electrons. The van der Waals surface area contributed by atoms with Gasteiger partial charge < -0.3 is 30.7 Å². The second-order valence-electron chi connectivity index (χ2n) is 13.9. The number of piperazine rings is 1. The van der Waals surface area contributed by atoms with Crippen LogP contribution in [0.4, 0.5) is 23.7 Å². The van der Waals surface area contributed by atoms with Crippen molar-refractivity contribution in [1.29, 1.82) is 0 Å². The lowest BCUT2D eigenvalue weighted by Gasteiger charge is -2.41. The number of carbonyl (C=O) groups is 2. The summed E-state index contributed by atoms with van der Waals surface area (Å²) in [6, 6.07) is 8.54. The predicted octanol–water partition coefficient (Wildman–Crippen LogP) is 4.45. The fourth-order valence-electron chi connectivity index (χ4n) is 8.06. The molecular formula is C36H43ClF3N9O3. The first kappa shape index (κ1) is 36.0. The monoisotopic (exact) mass is 741 g/mol. The van der Waals surface area contributed by atoms with Crippen LogP contribution in [0.15, 0.2) is 47.4 Å². The second-order valence-corrected chi connectivity index (χ2v) is 14.3. The number of imidazole rings is 1. The van der Waals surface area contributed by atoms with Crippen molar-refractivity contribution in [3.05, 3.63) is 69.2 Å². The largest absolute Gasteiger partial charge is 0.418 e. The maximum Gasteiger partial charge on any atom is 0.418 e. The van der Waals surface area contributed by atoms with Crippen molar-refractivity contribution in [2.24, 2.45) is 0 Å². The molecule has 0 spiro atoms. The van der Waals surface area contributed by atoms with Crippen LogP contribution in [0.1, 0.15) is 42.9 Å². The van der Waals surface area contributed by atoms with Gasteiger partial charge in [0.05, 0.1) is 39.0 Å². The van der Waals surface area contributed by atoms with E-state index < -0.39 is 23.8 Å². The number of hydrogen-bond donors (Lipinski definition) is 4. The van der Waals surface area contributed by atoms with Crippen LogP contribution >= 0.6 is 11.6 Å². The fourth-order valence-corrected chi connectivity index (χ4v) is 8.40. The Bertz CT molecular complexity index is 2000. The Morgan fingerprint density at radius 1 is 0.981 bits per heavy atom. The third-order valence-corrected chi connectivity index (χ3v) is 11.1. The van der Waals surface area contributed by atoms with Crippen LogP contribution in [0.3, 0.4) is 0 Å². The molecule has 0 aliphatic carbocycles. The molecule has 52 heavy (non-hydrogen) atoms. The van der Waals surface area contributed by atoms with Gasteiger partial charge in [0.25, 0.3) is 0 Å². The molecule has 0 bridgehead atoms. The zero-order chi connectivity index (χ0) is 36.6. The van der Waals surface area contributed by atoms with Gasteiger partial charge in [-0.3, -0.25) is 19.2 Å². The minimum Gasteiger partial charge on any atom is -0.386 e. The normalized spacial score (nSPS) is 18.9. The zero-order valence-corrected chi connectivity index (χ0v) is 29.7. The van der Waals surface area contributed by atoms with Gasteiger partial charge in [0.1, 0.15) is 6.04 Å². The van der Waals surface area contributed by atoms with E-state index in [2.05, 4.69) is 30.8 Å². The molecule has 3 fully saturated rings. The molecule has 3 saturated heterocycles. The smallest absolute Gasteiger partial charge is 0.386 e. The number of carbonyl (C=O) groups excluding carboxylic acids is 2. The summed E-state index contributed by atoms with van der Waals surface area (Å²) < 4.78 is 43.9. The molecule has 2 aromatic carbocycles. The molecule has 7 rings (SSSR count). The number of piperidine rings is 2. The molecule has 3 aliphatic heterocycles. The van der Waals surface area contributed by atoms with Crippen molar-refractivity contribution in [1.82, 2.24) is 39.9 Å². The molecule has 0 saturated carbocycles. The number of likely N-dealkylation sites (tertiary alicyclic amines) is 2. The summed E-state index contributed by atoms with van der Waals surface area (Å²) in [5.74, 6) is -0.338. The number of aromatic amines is 1. The van der Waals surface area contributed by atoms with Gasteiger partial charge in [-0.1, -0.05) is 29.8 Å². The summed E-state index contributed by atoms with van der Waals surface area (Å²) in [5.41, 5.74) is 0.932. The molecule has 5 heterocycles. The van der Waals surface area contributed by atoms with E-state index in [1.54, 1.807) is 20.6 Å². The van der Waals surface area contributed by atoms with E-state index in [1.165, 1.54) is 13.1 Å². The van der Waals surface area contributed by atoms with Gasteiger partial charge >= 0.3 is 17.9 Å². The SMILES string of the molecule is CNc1c(Cl)cc(C[C@@H](NC(=O)N2CCC(n3c(=O)[nH]c4c5ccccc5ncc43)CC2)C(=O)N2CCC(N3CCNCC3)CC2)cc1C(F)(F)F. The number of fused-ring (bicyclic) bond motifs is 3. The number of para-hydroxylation sites is 1. The Hall–Kier alpha value is -4.34. The lowest BCUT2D eigenvalue weighted by Crippen LogP contribution is -2.57. The highest BCUT2D eigenvalue weighted by Crippen LogP contribution is 2.40. The number of aromatic nitrogens is 3. The quantitative estimate of drug-likeness (QED) is 0.220. The van der Waals surface area contributed by atoms with Crippen molar-refractivity contribution >= 4 is 51.2 Å². The molecular weight excluding hydrogens is 699 g/mol. The summed E-state index contributed by atoms with van der Waals surface area (Å²) >= 11 is 6.31. The van der Waals surface area contributed by atoms with Crippen LogP contribution in [-0.4, -0.2) is 113 Å². The molecule has 12 nitrogen and oxygen atoms in total. The second kappa shape index (κ2) is 15.0. The van der Waals surface area contributed by atoms with E-state index in [-0.39, 0.29) is 40.3 Å². The predicted molar refractivity (Wildman–Crippen MR) is 194 cm³/mol. The molecule has 1 atom stereocenters. The number of rotatable bonds is 7. The number of H-pyrrole nitrogens is 1. The van der Waals surface area contributed by atoms with E-state index in [1.807, 2.05) is 24.3 Å². The third-order valence-electron chi connectivity index (χ3n) is 10.8. The zero-order valence-electron chi connectivity index (χ0n) is 28.9. The topological polar surface area (TPSA) is 131 Å². The van der Waals surface area contributed by atoms with Gasteiger partial charge in [-0.15, -0.1) is 0 Å². The Kier molecular flexibility index (Phi) is 10.4. The first-order valence-corrected chi connectivity index (χ1v) is 18.2. The standard InChI is InChI=1S/C36H43ClF3N9O3/c1-41-32-26(36(38,39)40)18-22(19-27(32)37)20-29(33(50)47-12-6-23(7-13-47)46-16-10-42-11-17-46)44-34(51)48-14-8-24(9-15-48)49-30-21-43-28-5-3-2-4-25(28)31(30)45-35(49)52/h2-5,18-19,21,23-24,29,41-42H,6-17,20H2,1H3,(H,44,51)(H,45,52)/t29-/m1/s1. The van der Waals surface area contributed by atoms with Crippen LogP contribution in [0.25, 0.3) is 21.9 Å². The minimum absolute atomic E-state index is 0.125.